The van der Waals surface area contributed by atoms with E-state index in [4.69, 9.17) is 18.5 Å². The molecule has 0 fully saturated rings. The van der Waals surface area contributed by atoms with E-state index in [9.17, 15) is 19.0 Å². The second-order valence-electron chi connectivity index (χ2n) is 13.2. The number of allylic oxidation sites excluding steroid dienone is 18. The van der Waals surface area contributed by atoms with Crippen molar-refractivity contribution in [2.24, 2.45) is 0 Å². The fourth-order valence-corrected chi connectivity index (χ4v) is 5.82. The molecule has 0 amide bonds. The zero-order valence-electron chi connectivity index (χ0n) is 35.0. The van der Waals surface area contributed by atoms with Crippen LogP contribution >= 0.6 is 7.82 Å². The lowest BCUT2D eigenvalue weighted by atomic mass is 10.1. The lowest BCUT2D eigenvalue weighted by Gasteiger charge is -2.19. The van der Waals surface area contributed by atoms with Crippen molar-refractivity contribution in [3.63, 3.8) is 0 Å². The van der Waals surface area contributed by atoms with Crippen LogP contribution in [0.15, 0.2) is 109 Å². The molecule has 0 aliphatic rings. The molecule has 316 valence electrons. The largest absolute Gasteiger partial charge is 0.472 e. The van der Waals surface area contributed by atoms with Crippen molar-refractivity contribution < 1.29 is 37.6 Å². The average Bonchev–Trinajstić information content (AvgIpc) is 3.18. The van der Waals surface area contributed by atoms with Gasteiger partial charge in [-0.15, -0.1) is 0 Å². The monoisotopic (exact) mass is 799 g/mol. The van der Waals surface area contributed by atoms with E-state index < -0.39 is 32.5 Å². The molecule has 0 saturated heterocycles. The molecule has 0 aliphatic carbocycles. The summed E-state index contributed by atoms with van der Waals surface area (Å²) in [5.74, 6) is -0.894. The SMILES string of the molecule is CC/C=C\C/C=C\C/C=C\C/C=C\C/C=C\CCCC(=O)OC(COC(=O)CCCCCCCC/C=C\C/C=C\C/C=C\C/C=C\CC)COP(=O)(O)OCC. The molecule has 0 aromatic rings. The van der Waals surface area contributed by atoms with Crippen molar-refractivity contribution in [1.29, 1.82) is 0 Å². The van der Waals surface area contributed by atoms with E-state index in [1.165, 1.54) is 0 Å². The van der Waals surface area contributed by atoms with Crippen LogP contribution in [0.1, 0.15) is 149 Å². The Hall–Kier alpha value is -3.29. The Balaban J connectivity index is 4.24. The van der Waals surface area contributed by atoms with Gasteiger partial charge >= 0.3 is 19.8 Å². The standard InChI is InChI=1S/C47H75O8P/c1-4-7-9-11-13-15-17-19-21-23-24-26-27-29-31-33-35-37-39-41-46(48)52-43-45(44-54-56(50,51)53-6-3)55-47(49)42-40-38-36-34-32-30-28-25-22-20-18-16-14-12-10-8-5-2/h7-10,13-16,19-22,24,26,28,30,34,36,45H,4-6,11-12,17-18,23,25,27,29,31-33,35,37-44H2,1-3H3,(H,50,51)/b9-7-,10-8-,15-13-,16-14-,21-19-,22-20-,26-24-,30-28-,36-34-. The summed E-state index contributed by atoms with van der Waals surface area (Å²) in [6, 6.07) is 0. The van der Waals surface area contributed by atoms with Gasteiger partial charge in [0.15, 0.2) is 6.10 Å². The number of hydrogen-bond donors (Lipinski definition) is 1. The van der Waals surface area contributed by atoms with Crippen molar-refractivity contribution >= 4 is 19.8 Å². The summed E-state index contributed by atoms with van der Waals surface area (Å²) in [4.78, 5) is 34.7. The van der Waals surface area contributed by atoms with Crippen LogP contribution in [-0.2, 0) is 32.7 Å². The smallest absolute Gasteiger partial charge is 0.462 e. The van der Waals surface area contributed by atoms with Crippen LogP contribution in [0.4, 0.5) is 0 Å². The Labute approximate surface area is 340 Å². The molecule has 0 rings (SSSR count). The second-order valence-corrected chi connectivity index (χ2v) is 14.7. The molecular weight excluding hydrogens is 723 g/mol. The van der Waals surface area contributed by atoms with Crippen molar-refractivity contribution in [1.82, 2.24) is 0 Å². The normalized spacial score (nSPS) is 14.4. The van der Waals surface area contributed by atoms with Crippen molar-refractivity contribution in [2.75, 3.05) is 19.8 Å². The average molecular weight is 799 g/mol. The maximum atomic E-state index is 12.5. The molecule has 0 radical (unpaired) electrons. The minimum absolute atomic E-state index is 0.0195. The number of rotatable bonds is 37. The van der Waals surface area contributed by atoms with Gasteiger partial charge in [0.2, 0.25) is 0 Å². The van der Waals surface area contributed by atoms with Crippen molar-refractivity contribution in [2.45, 2.75) is 155 Å². The number of carbonyl (C=O) groups excluding carboxylic acids is 2. The molecule has 0 heterocycles. The lowest BCUT2D eigenvalue weighted by Crippen LogP contribution is -2.29. The zero-order valence-corrected chi connectivity index (χ0v) is 35.9. The number of phosphoric acid groups is 1. The van der Waals surface area contributed by atoms with Gasteiger partial charge in [0, 0.05) is 12.8 Å². The second kappa shape index (κ2) is 41.3. The molecule has 2 atom stereocenters. The highest BCUT2D eigenvalue weighted by molar-refractivity contribution is 7.47. The van der Waals surface area contributed by atoms with E-state index in [1.807, 2.05) is 6.08 Å². The third-order valence-corrected chi connectivity index (χ3v) is 9.13. The van der Waals surface area contributed by atoms with Crippen molar-refractivity contribution in [3.05, 3.63) is 109 Å². The summed E-state index contributed by atoms with van der Waals surface area (Å²) in [5.41, 5.74) is 0. The van der Waals surface area contributed by atoms with Gasteiger partial charge in [-0.1, -0.05) is 149 Å². The highest BCUT2D eigenvalue weighted by atomic mass is 31.2. The Kier molecular flexibility index (Phi) is 38.9. The summed E-state index contributed by atoms with van der Waals surface area (Å²) < 4.78 is 32.6. The maximum absolute atomic E-state index is 12.5. The van der Waals surface area contributed by atoms with Crippen LogP contribution in [0.2, 0.25) is 0 Å². The lowest BCUT2D eigenvalue weighted by molar-refractivity contribution is -0.161. The highest BCUT2D eigenvalue weighted by Gasteiger charge is 2.25. The van der Waals surface area contributed by atoms with E-state index in [-0.39, 0.29) is 26.1 Å². The highest BCUT2D eigenvalue weighted by Crippen LogP contribution is 2.43. The van der Waals surface area contributed by atoms with Gasteiger partial charge in [-0.25, -0.2) is 4.57 Å². The summed E-state index contributed by atoms with van der Waals surface area (Å²) in [6.45, 7) is 5.14. The molecule has 2 unspecified atom stereocenters. The van der Waals surface area contributed by atoms with Crippen LogP contribution in [0, 0.1) is 0 Å². The molecule has 56 heavy (non-hydrogen) atoms. The number of unbranched alkanes of at least 4 members (excludes halogenated alkanes) is 7. The molecule has 0 saturated carbocycles. The summed E-state index contributed by atoms with van der Waals surface area (Å²) in [6.07, 6.45) is 55.8. The Morgan fingerprint density at radius 1 is 0.482 bits per heavy atom. The van der Waals surface area contributed by atoms with E-state index >= 15 is 0 Å². The van der Waals surface area contributed by atoms with E-state index in [1.54, 1.807) is 6.92 Å². The number of phosphoric ester groups is 1. The first-order valence-corrected chi connectivity index (χ1v) is 22.7. The molecule has 0 aromatic heterocycles. The molecular formula is C47H75O8P. The minimum atomic E-state index is -4.31. The van der Waals surface area contributed by atoms with Crippen LogP contribution in [-0.4, -0.2) is 42.8 Å². The van der Waals surface area contributed by atoms with Crippen molar-refractivity contribution in [3.8, 4) is 0 Å². The predicted molar refractivity (Wildman–Crippen MR) is 234 cm³/mol. The summed E-state index contributed by atoms with van der Waals surface area (Å²) in [7, 11) is -4.31. The zero-order chi connectivity index (χ0) is 41.1. The summed E-state index contributed by atoms with van der Waals surface area (Å²) >= 11 is 0. The molecule has 8 nitrogen and oxygen atoms in total. The molecule has 0 aliphatic heterocycles. The third kappa shape index (κ3) is 40.4. The quantitative estimate of drug-likeness (QED) is 0.0286. The minimum Gasteiger partial charge on any atom is -0.462 e. The van der Waals surface area contributed by atoms with E-state index in [0.717, 1.165) is 96.3 Å². The van der Waals surface area contributed by atoms with E-state index in [2.05, 4.69) is 117 Å². The number of hydrogen-bond acceptors (Lipinski definition) is 7. The Morgan fingerprint density at radius 3 is 1.34 bits per heavy atom. The first-order chi connectivity index (χ1) is 27.3. The van der Waals surface area contributed by atoms with Gasteiger partial charge in [0.25, 0.3) is 0 Å². The van der Waals surface area contributed by atoms with Gasteiger partial charge in [0.05, 0.1) is 13.2 Å². The van der Waals surface area contributed by atoms with Crippen LogP contribution in [0.25, 0.3) is 0 Å². The first kappa shape index (κ1) is 52.7. The number of ether oxygens (including phenoxy) is 2. The van der Waals surface area contributed by atoms with Gasteiger partial charge in [-0.3, -0.25) is 18.6 Å². The van der Waals surface area contributed by atoms with Crippen LogP contribution in [0.3, 0.4) is 0 Å². The number of esters is 2. The van der Waals surface area contributed by atoms with Gasteiger partial charge in [-0.05, 0) is 96.8 Å². The molecule has 0 aromatic carbocycles. The first-order valence-electron chi connectivity index (χ1n) is 21.2. The van der Waals surface area contributed by atoms with Gasteiger partial charge < -0.3 is 14.4 Å². The van der Waals surface area contributed by atoms with E-state index in [0.29, 0.717) is 19.3 Å². The van der Waals surface area contributed by atoms with Crippen LogP contribution in [0.5, 0.6) is 0 Å². The predicted octanol–water partition coefficient (Wildman–Crippen LogP) is 13.4. The fraction of sp³-hybridized carbons (Fsp3) is 0.574. The maximum Gasteiger partial charge on any atom is 0.472 e. The van der Waals surface area contributed by atoms with Gasteiger partial charge in [-0.2, -0.15) is 0 Å². The Morgan fingerprint density at radius 2 is 0.875 bits per heavy atom. The topological polar surface area (TPSA) is 108 Å². The Bertz CT molecular complexity index is 1270. The summed E-state index contributed by atoms with van der Waals surface area (Å²) in [5, 5.41) is 0. The molecule has 0 bridgehead atoms. The third-order valence-electron chi connectivity index (χ3n) is 8.07. The fourth-order valence-electron chi connectivity index (χ4n) is 5.07. The molecule has 1 N–H and O–H groups in total. The van der Waals surface area contributed by atoms with Gasteiger partial charge in [0.1, 0.15) is 6.61 Å². The molecule has 0 spiro atoms. The van der Waals surface area contributed by atoms with Crippen LogP contribution < -0.4 is 0 Å². The molecule has 9 heteroatoms. The number of carbonyl (C=O) groups is 2.